The standard InChI is InChI=1S/C13H22N4/c1-10-12-3-6-14-9-13(12)17(15-10)11-4-7-16(2)8-5-11/h11,14H,3-9H2,1-2H3. The summed E-state index contributed by atoms with van der Waals surface area (Å²) in [4.78, 5) is 2.41. The van der Waals surface area contributed by atoms with Gasteiger partial charge in [-0.2, -0.15) is 5.10 Å². The fourth-order valence-electron chi connectivity index (χ4n) is 3.10. The zero-order chi connectivity index (χ0) is 11.8. The van der Waals surface area contributed by atoms with Crippen molar-refractivity contribution >= 4 is 0 Å². The van der Waals surface area contributed by atoms with Gasteiger partial charge in [0, 0.05) is 6.54 Å². The molecule has 1 fully saturated rings. The minimum absolute atomic E-state index is 0.619. The van der Waals surface area contributed by atoms with Crippen LogP contribution < -0.4 is 5.32 Å². The van der Waals surface area contributed by atoms with Gasteiger partial charge in [0.25, 0.3) is 0 Å². The number of likely N-dealkylation sites (tertiary alicyclic amines) is 1. The van der Waals surface area contributed by atoms with Gasteiger partial charge in [-0.1, -0.05) is 0 Å². The van der Waals surface area contributed by atoms with E-state index in [-0.39, 0.29) is 0 Å². The molecule has 0 aliphatic carbocycles. The predicted octanol–water partition coefficient (Wildman–Crippen LogP) is 1.10. The van der Waals surface area contributed by atoms with E-state index >= 15 is 0 Å². The Morgan fingerprint density at radius 2 is 2.06 bits per heavy atom. The summed E-state index contributed by atoms with van der Waals surface area (Å²) >= 11 is 0. The van der Waals surface area contributed by atoms with E-state index in [0.29, 0.717) is 6.04 Å². The van der Waals surface area contributed by atoms with Crippen molar-refractivity contribution in [3.63, 3.8) is 0 Å². The Hall–Kier alpha value is -0.870. The lowest BCUT2D eigenvalue weighted by atomic mass is 10.0. The summed E-state index contributed by atoms with van der Waals surface area (Å²) in [5, 5.41) is 8.27. The Bertz CT molecular complexity index is 402. The molecule has 0 bridgehead atoms. The van der Waals surface area contributed by atoms with Gasteiger partial charge in [0.05, 0.1) is 17.4 Å². The van der Waals surface area contributed by atoms with Crippen LogP contribution in [0.15, 0.2) is 0 Å². The Labute approximate surface area is 103 Å². The van der Waals surface area contributed by atoms with E-state index in [4.69, 9.17) is 5.10 Å². The van der Waals surface area contributed by atoms with Crippen LogP contribution in [0, 0.1) is 6.92 Å². The summed E-state index contributed by atoms with van der Waals surface area (Å²) in [5.41, 5.74) is 4.20. The molecule has 2 aliphatic rings. The van der Waals surface area contributed by atoms with Crippen molar-refractivity contribution in [2.24, 2.45) is 0 Å². The number of rotatable bonds is 1. The summed E-state index contributed by atoms with van der Waals surface area (Å²) in [7, 11) is 2.21. The molecule has 4 heteroatoms. The van der Waals surface area contributed by atoms with Crippen LogP contribution in [-0.2, 0) is 13.0 Å². The lowest BCUT2D eigenvalue weighted by molar-refractivity contribution is 0.208. The van der Waals surface area contributed by atoms with Crippen molar-refractivity contribution in [3.8, 4) is 0 Å². The second kappa shape index (κ2) is 4.42. The molecule has 3 rings (SSSR count). The molecule has 2 aliphatic heterocycles. The average molecular weight is 234 g/mol. The van der Waals surface area contributed by atoms with Crippen LogP contribution in [-0.4, -0.2) is 41.4 Å². The maximum Gasteiger partial charge on any atom is 0.0629 e. The summed E-state index contributed by atoms with van der Waals surface area (Å²) in [6.07, 6.45) is 3.63. The summed E-state index contributed by atoms with van der Waals surface area (Å²) in [5.74, 6) is 0. The number of hydrogen-bond acceptors (Lipinski definition) is 3. The highest BCUT2D eigenvalue weighted by Crippen LogP contribution is 2.27. The fourth-order valence-corrected chi connectivity index (χ4v) is 3.10. The largest absolute Gasteiger partial charge is 0.311 e. The molecule has 0 unspecified atom stereocenters. The molecule has 3 heterocycles. The summed E-state index contributed by atoms with van der Waals surface area (Å²) in [6.45, 7) is 6.67. The normalized spacial score (nSPS) is 22.7. The Morgan fingerprint density at radius 1 is 1.29 bits per heavy atom. The van der Waals surface area contributed by atoms with E-state index in [9.17, 15) is 0 Å². The molecule has 0 atom stereocenters. The van der Waals surface area contributed by atoms with Crippen LogP contribution in [0.2, 0.25) is 0 Å². The third-order valence-corrected chi connectivity index (χ3v) is 4.20. The number of aryl methyl sites for hydroxylation is 1. The van der Waals surface area contributed by atoms with E-state index in [2.05, 4.69) is 28.9 Å². The third kappa shape index (κ3) is 2.00. The van der Waals surface area contributed by atoms with Crippen LogP contribution in [0.3, 0.4) is 0 Å². The van der Waals surface area contributed by atoms with Crippen molar-refractivity contribution < 1.29 is 0 Å². The topological polar surface area (TPSA) is 33.1 Å². The van der Waals surface area contributed by atoms with E-state index in [1.807, 2.05) is 0 Å². The van der Waals surface area contributed by atoms with E-state index in [1.165, 1.54) is 42.9 Å². The zero-order valence-electron chi connectivity index (χ0n) is 10.9. The van der Waals surface area contributed by atoms with Crippen molar-refractivity contribution in [1.29, 1.82) is 0 Å². The second-order valence-corrected chi connectivity index (χ2v) is 5.42. The average Bonchev–Trinajstić information content (AvgIpc) is 2.69. The molecule has 4 nitrogen and oxygen atoms in total. The van der Waals surface area contributed by atoms with Gasteiger partial charge in [0.15, 0.2) is 0 Å². The fraction of sp³-hybridized carbons (Fsp3) is 0.769. The van der Waals surface area contributed by atoms with Gasteiger partial charge in [-0.15, -0.1) is 0 Å². The monoisotopic (exact) mass is 234 g/mol. The minimum Gasteiger partial charge on any atom is -0.311 e. The second-order valence-electron chi connectivity index (χ2n) is 5.42. The maximum atomic E-state index is 4.80. The van der Waals surface area contributed by atoms with Gasteiger partial charge >= 0.3 is 0 Å². The summed E-state index contributed by atoms with van der Waals surface area (Å²) < 4.78 is 2.32. The summed E-state index contributed by atoms with van der Waals surface area (Å²) in [6, 6.07) is 0.619. The molecule has 1 aromatic heterocycles. The van der Waals surface area contributed by atoms with Crippen molar-refractivity contribution in [1.82, 2.24) is 20.0 Å². The number of nitrogens with one attached hydrogen (secondary N) is 1. The zero-order valence-corrected chi connectivity index (χ0v) is 10.9. The Balaban J connectivity index is 1.87. The first-order valence-corrected chi connectivity index (χ1v) is 6.72. The van der Waals surface area contributed by atoms with Crippen LogP contribution in [0.25, 0.3) is 0 Å². The van der Waals surface area contributed by atoms with Crippen LogP contribution in [0.5, 0.6) is 0 Å². The number of aromatic nitrogens is 2. The molecule has 0 saturated carbocycles. The molecule has 94 valence electrons. The molecule has 1 saturated heterocycles. The van der Waals surface area contributed by atoms with Crippen LogP contribution in [0.1, 0.15) is 35.8 Å². The van der Waals surface area contributed by atoms with Crippen LogP contribution in [0.4, 0.5) is 0 Å². The first kappa shape index (κ1) is 11.2. The lowest BCUT2D eigenvalue weighted by Gasteiger charge is -2.30. The molecule has 17 heavy (non-hydrogen) atoms. The first-order valence-electron chi connectivity index (χ1n) is 6.72. The smallest absolute Gasteiger partial charge is 0.0629 e. The number of piperidine rings is 1. The number of hydrogen-bond donors (Lipinski definition) is 1. The van der Waals surface area contributed by atoms with Crippen molar-refractivity contribution in [2.45, 2.75) is 38.8 Å². The highest BCUT2D eigenvalue weighted by atomic mass is 15.3. The molecule has 0 aromatic carbocycles. The molecule has 1 aromatic rings. The SMILES string of the molecule is Cc1nn(C2CCN(C)CC2)c2c1CCNC2. The van der Waals surface area contributed by atoms with Gasteiger partial charge in [0.1, 0.15) is 0 Å². The molecular weight excluding hydrogens is 212 g/mol. The Morgan fingerprint density at radius 3 is 2.82 bits per heavy atom. The number of fused-ring (bicyclic) bond motifs is 1. The predicted molar refractivity (Wildman–Crippen MR) is 68.1 cm³/mol. The van der Waals surface area contributed by atoms with Crippen molar-refractivity contribution in [2.75, 3.05) is 26.7 Å². The lowest BCUT2D eigenvalue weighted by Crippen LogP contribution is -2.33. The van der Waals surface area contributed by atoms with E-state index < -0.39 is 0 Å². The molecular formula is C13H22N4. The van der Waals surface area contributed by atoms with Crippen LogP contribution >= 0.6 is 0 Å². The minimum atomic E-state index is 0.619. The quantitative estimate of drug-likeness (QED) is 0.790. The number of nitrogens with zero attached hydrogens (tertiary/aromatic N) is 3. The van der Waals surface area contributed by atoms with Gasteiger partial charge in [-0.25, -0.2) is 0 Å². The first-order chi connectivity index (χ1) is 8.25. The van der Waals surface area contributed by atoms with Gasteiger partial charge in [-0.3, -0.25) is 4.68 Å². The molecule has 0 amide bonds. The van der Waals surface area contributed by atoms with E-state index in [0.717, 1.165) is 19.5 Å². The maximum absolute atomic E-state index is 4.80. The highest BCUT2D eigenvalue weighted by molar-refractivity contribution is 5.28. The Kier molecular flexibility index (Phi) is 2.92. The van der Waals surface area contributed by atoms with Gasteiger partial charge < -0.3 is 10.2 Å². The van der Waals surface area contributed by atoms with Gasteiger partial charge in [0.2, 0.25) is 0 Å². The highest BCUT2D eigenvalue weighted by Gasteiger charge is 2.25. The van der Waals surface area contributed by atoms with Gasteiger partial charge in [-0.05, 0) is 58.4 Å². The molecule has 1 N–H and O–H groups in total. The molecule has 0 spiro atoms. The van der Waals surface area contributed by atoms with Crippen molar-refractivity contribution in [3.05, 3.63) is 17.0 Å². The molecule has 0 radical (unpaired) electrons. The van der Waals surface area contributed by atoms with E-state index in [1.54, 1.807) is 0 Å². The third-order valence-electron chi connectivity index (χ3n) is 4.20.